The van der Waals surface area contributed by atoms with E-state index in [-0.39, 0.29) is 18.2 Å². The van der Waals surface area contributed by atoms with Crippen LogP contribution in [0.2, 0.25) is 0 Å². The number of aromatic nitrogens is 1. The van der Waals surface area contributed by atoms with Crippen LogP contribution >= 0.6 is 0 Å². The van der Waals surface area contributed by atoms with Gasteiger partial charge in [0, 0.05) is 49.4 Å². The molecule has 2 heterocycles. The van der Waals surface area contributed by atoms with Crippen LogP contribution in [0.1, 0.15) is 42.2 Å². The zero-order valence-electron chi connectivity index (χ0n) is 18.3. The van der Waals surface area contributed by atoms with Crippen LogP contribution in [0.5, 0.6) is 11.5 Å². The Morgan fingerprint density at radius 1 is 1.19 bits per heavy atom. The van der Waals surface area contributed by atoms with Gasteiger partial charge in [0.05, 0.1) is 26.0 Å². The first kappa shape index (κ1) is 22.8. The maximum atomic E-state index is 12.5. The van der Waals surface area contributed by atoms with E-state index in [9.17, 15) is 19.8 Å². The average molecular weight is 431 g/mol. The van der Waals surface area contributed by atoms with Crippen molar-refractivity contribution in [3.63, 3.8) is 0 Å². The van der Waals surface area contributed by atoms with Crippen LogP contribution in [-0.4, -0.2) is 54.8 Å². The summed E-state index contributed by atoms with van der Waals surface area (Å²) >= 11 is 0. The lowest BCUT2D eigenvalue weighted by molar-refractivity contribution is 0.0691. The van der Waals surface area contributed by atoms with Gasteiger partial charge in [-0.3, -0.25) is 4.79 Å². The molecule has 3 rings (SSSR count). The predicted molar refractivity (Wildman–Crippen MR) is 115 cm³/mol. The molecule has 8 nitrogen and oxygen atoms in total. The van der Waals surface area contributed by atoms with Crippen LogP contribution in [0.3, 0.4) is 0 Å². The van der Waals surface area contributed by atoms with E-state index < -0.39 is 16.8 Å². The highest BCUT2D eigenvalue weighted by Gasteiger charge is 2.36. The standard InChI is InChI=1S/C23H29NO7/c1-23(2,13-25)21-9-14-8-20(31-7-5-6-29-3)19(30-4)10-15(14)17-11-18(26)16(22(27)28)12-24(17)21/h8,10-12,21,25H,5-7,9,13H2,1-4H3,(H,27,28). The maximum absolute atomic E-state index is 12.5. The van der Waals surface area contributed by atoms with Gasteiger partial charge >= 0.3 is 5.97 Å². The number of aliphatic hydroxyl groups is 1. The highest BCUT2D eigenvalue weighted by Crippen LogP contribution is 2.45. The molecule has 0 fully saturated rings. The number of rotatable bonds is 9. The molecule has 168 valence electrons. The summed E-state index contributed by atoms with van der Waals surface area (Å²) in [5, 5.41) is 19.4. The molecule has 0 aliphatic carbocycles. The molecule has 1 aromatic heterocycles. The summed E-state index contributed by atoms with van der Waals surface area (Å²) < 4.78 is 18.3. The number of methoxy groups -OCH3 is 2. The van der Waals surface area contributed by atoms with E-state index >= 15 is 0 Å². The van der Waals surface area contributed by atoms with Gasteiger partial charge in [0.1, 0.15) is 5.56 Å². The zero-order chi connectivity index (χ0) is 22.8. The van der Waals surface area contributed by atoms with E-state index in [1.54, 1.807) is 18.8 Å². The number of benzene rings is 1. The largest absolute Gasteiger partial charge is 0.493 e. The third-order valence-electron chi connectivity index (χ3n) is 5.78. The first-order valence-corrected chi connectivity index (χ1v) is 10.2. The summed E-state index contributed by atoms with van der Waals surface area (Å²) in [7, 11) is 3.18. The molecule has 0 saturated carbocycles. The van der Waals surface area contributed by atoms with Gasteiger partial charge in [-0.1, -0.05) is 13.8 Å². The van der Waals surface area contributed by atoms with E-state index in [1.807, 2.05) is 26.0 Å². The SMILES string of the molecule is COCCCOc1cc2c(cc1OC)-c1cc(=O)c(C(=O)O)cn1C(C(C)(C)CO)C2. The fourth-order valence-electron chi connectivity index (χ4n) is 3.92. The van der Waals surface area contributed by atoms with Gasteiger partial charge in [0.25, 0.3) is 0 Å². The zero-order valence-corrected chi connectivity index (χ0v) is 18.3. The summed E-state index contributed by atoms with van der Waals surface area (Å²) in [4.78, 5) is 24.0. The molecule has 0 spiro atoms. The number of carbonyl (C=O) groups is 1. The molecule has 31 heavy (non-hydrogen) atoms. The average Bonchev–Trinajstić information content (AvgIpc) is 2.74. The van der Waals surface area contributed by atoms with Crippen LogP contribution in [0.15, 0.2) is 29.2 Å². The van der Waals surface area contributed by atoms with Crippen LogP contribution in [0.25, 0.3) is 11.3 Å². The number of hydrogen-bond donors (Lipinski definition) is 2. The lowest BCUT2D eigenvalue weighted by Crippen LogP contribution is -2.36. The van der Waals surface area contributed by atoms with Crippen LogP contribution in [-0.2, 0) is 11.2 Å². The number of fused-ring (bicyclic) bond motifs is 3. The van der Waals surface area contributed by atoms with Gasteiger partial charge in [0.2, 0.25) is 0 Å². The Hall–Kier alpha value is -2.84. The number of aromatic carboxylic acids is 1. The van der Waals surface area contributed by atoms with Crippen LogP contribution in [0, 0.1) is 5.41 Å². The molecule has 1 atom stereocenters. The summed E-state index contributed by atoms with van der Waals surface area (Å²) in [6.45, 7) is 4.78. The minimum Gasteiger partial charge on any atom is -0.493 e. The summed E-state index contributed by atoms with van der Waals surface area (Å²) in [6, 6.07) is 4.81. The van der Waals surface area contributed by atoms with E-state index in [0.29, 0.717) is 36.8 Å². The molecule has 1 aliphatic heterocycles. The van der Waals surface area contributed by atoms with Crippen molar-refractivity contribution >= 4 is 5.97 Å². The van der Waals surface area contributed by atoms with Crippen molar-refractivity contribution in [2.45, 2.75) is 32.7 Å². The summed E-state index contributed by atoms with van der Waals surface area (Å²) in [5.74, 6) is -0.155. The topological polar surface area (TPSA) is 107 Å². The predicted octanol–water partition coefficient (Wildman–Crippen LogP) is 2.75. The lowest BCUT2D eigenvalue weighted by Gasteiger charge is -2.40. The number of ether oxygens (including phenoxy) is 3. The van der Waals surface area contributed by atoms with E-state index in [4.69, 9.17) is 14.2 Å². The van der Waals surface area contributed by atoms with Gasteiger partial charge in [-0.2, -0.15) is 0 Å². The number of carboxylic acid groups (broad SMARTS) is 1. The minimum absolute atomic E-state index is 0.0997. The van der Waals surface area contributed by atoms with E-state index in [2.05, 4.69) is 0 Å². The number of pyridine rings is 1. The number of nitrogens with zero attached hydrogens (tertiary/aromatic N) is 1. The van der Waals surface area contributed by atoms with Gasteiger partial charge in [-0.15, -0.1) is 0 Å². The molecule has 1 aromatic carbocycles. The second kappa shape index (κ2) is 9.11. The number of hydrogen-bond acceptors (Lipinski definition) is 6. The van der Waals surface area contributed by atoms with Crippen LogP contribution < -0.4 is 14.9 Å². The van der Waals surface area contributed by atoms with E-state index in [0.717, 1.165) is 17.5 Å². The van der Waals surface area contributed by atoms with Gasteiger partial charge in [-0.05, 0) is 24.1 Å². The molecule has 1 aliphatic rings. The molecule has 0 bridgehead atoms. The smallest absolute Gasteiger partial charge is 0.341 e. The molecule has 2 N–H and O–H groups in total. The third kappa shape index (κ3) is 4.45. The minimum atomic E-state index is -1.27. The Labute approximate surface area is 181 Å². The third-order valence-corrected chi connectivity index (χ3v) is 5.78. The van der Waals surface area contributed by atoms with Gasteiger partial charge in [-0.25, -0.2) is 4.79 Å². The molecular formula is C23H29NO7. The molecule has 1 unspecified atom stereocenters. The fraction of sp³-hybridized carbons (Fsp3) is 0.478. The second-order valence-corrected chi connectivity index (χ2v) is 8.37. The first-order valence-electron chi connectivity index (χ1n) is 10.2. The Morgan fingerprint density at radius 2 is 1.94 bits per heavy atom. The maximum Gasteiger partial charge on any atom is 0.341 e. The summed E-state index contributed by atoms with van der Waals surface area (Å²) in [6.07, 6.45) is 2.65. The van der Waals surface area contributed by atoms with Crippen molar-refractivity contribution in [1.29, 1.82) is 0 Å². The highest BCUT2D eigenvalue weighted by molar-refractivity contribution is 5.88. The van der Waals surface area contributed by atoms with Crippen molar-refractivity contribution in [3.05, 3.63) is 45.7 Å². The lowest BCUT2D eigenvalue weighted by atomic mass is 9.78. The summed E-state index contributed by atoms with van der Waals surface area (Å²) in [5.41, 5.74) is 0.891. The molecular weight excluding hydrogens is 402 g/mol. The molecule has 0 radical (unpaired) electrons. The Balaban J connectivity index is 2.16. The molecule has 0 saturated heterocycles. The monoisotopic (exact) mass is 431 g/mol. The van der Waals surface area contributed by atoms with Crippen molar-refractivity contribution in [3.8, 4) is 22.8 Å². The second-order valence-electron chi connectivity index (χ2n) is 8.37. The van der Waals surface area contributed by atoms with Crippen molar-refractivity contribution in [2.24, 2.45) is 5.41 Å². The molecule has 2 aromatic rings. The Kier molecular flexibility index (Phi) is 6.71. The number of carboxylic acids is 1. The fourth-order valence-corrected chi connectivity index (χ4v) is 3.92. The quantitative estimate of drug-likeness (QED) is 0.588. The Morgan fingerprint density at radius 3 is 2.55 bits per heavy atom. The molecule has 8 heteroatoms. The normalized spacial score (nSPS) is 15.2. The van der Waals surface area contributed by atoms with Crippen molar-refractivity contribution in [2.75, 3.05) is 34.0 Å². The van der Waals surface area contributed by atoms with Crippen LogP contribution in [0.4, 0.5) is 0 Å². The van der Waals surface area contributed by atoms with E-state index in [1.165, 1.54) is 12.3 Å². The highest BCUT2D eigenvalue weighted by atomic mass is 16.5. The first-order chi connectivity index (χ1) is 14.7. The van der Waals surface area contributed by atoms with Gasteiger partial charge in [0.15, 0.2) is 16.9 Å². The van der Waals surface area contributed by atoms with Gasteiger partial charge < -0.3 is 29.0 Å². The van der Waals surface area contributed by atoms with Crippen molar-refractivity contribution in [1.82, 2.24) is 4.57 Å². The van der Waals surface area contributed by atoms with Crippen molar-refractivity contribution < 1.29 is 29.2 Å². The molecule has 0 amide bonds. The number of aliphatic hydroxyl groups excluding tert-OH is 1. The Bertz CT molecular complexity index is 1030.